The fraction of sp³-hybridized carbons (Fsp3) is 0.389. The first kappa shape index (κ1) is 35.9. The molecule has 1 amide bonds. The summed E-state index contributed by atoms with van der Waals surface area (Å²) in [6.07, 6.45) is 1.38. The first-order chi connectivity index (χ1) is 23.4. The van der Waals surface area contributed by atoms with Gasteiger partial charge in [0.1, 0.15) is 5.82 Å². The summed E-state index contributed by atoms with van der Waals surface area (Å²) in [5.74, 6) is -0.615. The summed E-state index contributed by atoms with van der Waals surface area (Å²) in [7, 11) is 5.60. The van der Waals surface area contributed by atoms with Crippen molar-refractivity contribution in [3.05, 3.63) is 88.7 Å². The lowest BCUT2D eigenvalue weighted by Crippen LogP contribution is -2.44. The summed E-state index contributed by atoms with van der Waals surface area (Å²) in [5.41, 5.74) is 14.8. The van der Waals surface area contributed by atoms with Crippen LogP contribution < -0.4 is 11.5 Å². The number of amides is 1. The Morgan fingerprint density at radius 3 is 2.41 bits per heavy atom. The predicted octanol–water partition coefficient (Wildman–Crippen LogP) is 4.46. The molecular weight excluding hydrogens is 633 g/mol. The van der Waals surface area contributed by atoms with E-state index in [0.717, 1.165) is 31.7 Å². The maximum absolute atomic E-state index is 14.1. The third-order valence-electron chi connectivity index (χ3n) is 8.96. The van der Waals surface area contributed by atoms with E-state index in [1.165, 1.54) is 18.5 Å². The number of alkyl halides is 3. The average Bonchev–Trinajstić information content (AvgIpc) is 3.45. The average molecular weight is 677 g/mol. The number of piperazine rings is 1. The van der Waals surface area contributed by atoms with E-state index in [0.29, 0.717) is 47.5 Å². The minimum absolute atomic E-state index is 0.0618. The van der Waals surface area contributed by atoms with Gasteiger partial charge in [-0.15, -0.1) is 0 Å². The molecule has 2 unspecified atom stereocenters. The Hall–Kier alpha value is -4.43. The molecule has 1 aromatic heterocycles. The number of carbonyl (C=O) groups excluding carboxylic acids is 1. The maximum Gasteiger partial charge on any atom is 0.416 e. The Kier molecular flexibility index (Phi) is 11.6. The Bertz CT molecular complexity index is 1700. The van der Waals surface area contributed by atoms with Crippen LogP contribution in [0.5, 0.6) is 0 Å². The van der Waals surface area contributed by atoms with Crippen LogP contribution in [0.2, 0.25) is 0 Å². The quantitative estimate of drug-likeness (QED) is 0.302. The zero-order chi connectivity index (χ0) is 35.1. The van der Waals surface area contributed by atoms with E-state index in [9.17, 15) is 18.0 Å². The number of aromatic nitrogens is 1. The zero-order valence-electron chi connectivity index (χ0n) is 28.0. The standard InChI is InChI=1S/C36H43F3N8O2/c1-42-17-29(16-40)28-14-31(34(41)43-18-28)35(48)44-19-30-20-46(3)22-33(30)49-23-24-4-6-25(7-5-24)26-8-9-27(32(15-26)36(37,38)39)21-47-12-10-45(2)11-13-47/h4-9,14-19,30,33H,10-13,20-23,40H2,1-3H3,(H2,41,43). The second kappa shape index (κ2) is 15.9. The molecule has 2 fully saturated rings. The highest BCUT2D eigenvalue weighted by Gasteiger charge is 2.34. The van der Waals surface area contributed by atoms with Crippen molar-refractivity contribution in [2.24, 2.45) is 21.6 Å². The number of hydrogen-bond acceptors (Lipinski definition) is 9. The third kappa shape index (κ3) is 9.18. The minimum atomic E-state index is -4.45. The number of likely N-dealkylation sites (tertiary alicyclic amines) is 1. The molecule has 0 radical (unpaired) electrons. The van der Waals surface area contributed by atoms with Crippen molar-refractivity contribution in [2.75, 3.05) is 66.1 Å². The molecule has 2 aliphatic rings. The lowest BCUT2D eigenvalue weighted by molar-refractivity contribution is -0.138. The van der Waals surface area contributed by atoms with E-state index in [1.807, 2.05) is 38.4 Å². The van der Waals surface area contributed by atoms with Crippen molar-refractivity contribution < 1.29 is 22.7 Å². The highest BCUT2D eigenvalue weighted by Crippen LogP contribution is 2.36. The molecule has 0 bridgehead atoms. The fourth-order valence-corrected chi connectivity index (χ4v) is 6.11. The second-order valence-corrected chi connectivity index (χ2v) is 12.6. The molecule has 5 rings (SSSR count). The van der Waals surface area contributed by atoms with Crippen molar-refractivity contribution in [1.82, 2.24) is 19.7 Å². The van der Waals surface area contributed by atoms with Crippen LogP contribution >= 0.6 is 0 Å². The zero-order valence-corrected chi connectivity index (χ0v) is 28.0. The Morgan fingerprint density at radius 2 is 1.73 bits per heavy atom. The summed E-state index contributed by atoms with van der Waals surface area (Å²) in [5, 5.41) is 0. The van der Waals surface area contributed by atoms with Crippen LogP contribution in [0.1, 0.15) is 32.6 Å². The Balaban J connectivity index is 1.23. The van der Waals surface area contributed by atoms with E-state index < -0.39 is 17.6 Å². The van der Waals surface area contributed by atoms with E-state index in [-0.39, 0.29) is 29.9 Å². The SMILES string of the molecule is CN=CC(=CN)c1cnc(N)c(C(=O)N=CC2CN(C)CC2OCc2ccc(-c3ccc(CN4CCN(C)CC4)c(C(F)(F)F)c3)cc2)c1. The van der Waals surface area contributed by atoms with Crippen molar-refractivity contribution in [3.63, 3.8) is 0 Å². The van der Waals surface area contributed by atoms with Crippen molar-refractivity contribution >= 4 is 29.7 Å². The number of halogens is 3. The second-order valence-electron chi connectivity index (χ2n) is 12.6. The first-order valence-corrected chi connectivity index (χ1v) is 16.1. The molecule has 0 aliphatic carbocycles. The maximum atomic E-state index is 14.1. The number of nitrogen functional groups attached to an aromatic ring is 1. The summed E-state index contributed by atoms with van der Waals surface area (Å²) in [6.45, 7) is 5.02. The van der Waals surface area contributed by atoms with Gasteiger partial charge in [0.15, 0.2) is 0 Å². The van der Waals surface area contributed by atoms with Gasteiger partial charge in [0.25, 0.3) is 5.91 Å². The van der Waals surface area contributed by atoms with Gasteiger partial charge in [0.05, 0.1) is 23.8 Å². The number of aliphatic imine (C=N–C) groups is 2. The monoisotopic (exact) mass is 676 g/mol. The number of allylic oxidation sites excluding steroid dienone is 1. The number of benzene rings is 2. The molecule has 10 nitrogen and oxygen atoms in total. The molecular formula is C36H43F3N8O2. The summed E-state index contributed by atoms with van der Waals surface area (Å²) < 4.78 is 48.6. The molecule has 2 aromatic carbocycles. The minimum Gasteiger partial charge on any atom is -0.404 e. The highest BCUT2D eigenvalue weighted by atomic mass is 19.4. The van der Waals surface area contributed by atoms with Crippen LogP contribution in [0.3, 0.4) is 0 Å². The molecule has 49 heavy (non-hydrogen) atoms. The van der Waals surface area contributed by atoms with E-state index in [1.54, 1.807) is 37.7 Å². The van der Waals surface area contributed by atoms with Gasteiger partial charge in [-0.05, 0) is 48.5 Å². The molecule has 4 N–H and O–H groups in total. The van der Waals surface area contributed by atoms with Crippen LogP contribution in [0.4, 0.5) is 19.0 Å². The van der Waals surface area contributed by atoms with Gasteiger partial charge in [0, 0.05) is 94.7 Å². The summed E-state index contributed by atoms with van der Waals surface area (Å²) >= 11 is 0. The smallest absolute Gasteiger partial charge is 0.404 e. The lowest BCUT2D eigenvalue weighted by atomic mass is 9.97. The number of likely N-dealkylation sites (N-methyl/N-ethyl adjacent to an activating group) is 2. The Labute approximate surface area is 285 Å². The highest BCUT2D eigenvalue weighted by molar-refractivity contribution is 6.11. The van der Waals surface area contributed by atoms with Gasteiger partial charge in [-0.1, -0.05) is 36.4 Å². The molecule has 0 spiro atoms. The van der Waals surface area contributed by atoms with Gasteiger partial charge >= 0.3 is 6.18 Å². The van der Waals surface area contributed by atoms with E-state index >= 15 is 0 Å². The number of rotatable bonds is 10. The van der Waals surface area contributed by atoms with Gasteiger partial charge in [-0.3, -0.25) is 14.7 Å². The summed E-state index contributed by atoms with van der Waals surface area (Å²) in [6, 6.07) is 13.6. The number of pyridine rings is 1. The predicted molar refractivity (Wildman–Crippen MR) is 187 cm³/mol. The number of nitrogens with zero attached hydrogens (tertiary/aromatic N) is 6. The van der Waals surface area contributed by atoms with Crippen LogP contribution in [0.15, 0.2) is 70.9 Å². The number of ether oxygens (including phenoxy) is 1. The van der Waals surface area contributed by atoms with Crippen LogP contribution in [0, 0.1) is 5.92 Å². The number of anilines is 1. The fourth-order valence-electron chi connectivity index (χ4n) is 6.11. The number of nitrogens with two attached hydrogens (primary N) is 2. The molecule has 260 valence electrons. The molecule has 2 saturated heterocycles. The van der Waals surface area contributed by atoms with Crippen molar-refractivity contribution in [1.29, 1.82) is 0 Å². The number of hydrogen-bond donors (Lipinski definition) is 2. The molecule has 3 aromatic rings. The largest absolute Gasteiger partial charge is 0.416 e. The van der Waals surface area contributed by atoms with Crippen LogP contribution in [-0.2, 0) is 24.1 Å². The van der Waals surface area contributed by atoms with Gasteiger partial charge < -0.3 is 26.0 Å². The van der Waals surface area contributed by atoms with Gasteiger partial charge in [-0.2, -0.15) is 13.2 Å². The van der Waals surface area contributed by atoms with Crippen LogP contribution in [0.25, 0.3) is 16.7 Å². The third-order valence-corrected chi connectivity index (χ3v) is 8.96. The first-order valence-electron chi connectivity index (χ1n) is 16.1. The number of carbonyl (C=O) groups is 1. The van der Waals surface area contributed by atoms with Gasteiger partial charge in [-0.25, -0.2) is 9.98 Å². The normalized spacial score (nSPS) is 20.2. The van der Waals surface area contributed by atoms with E-state index in [2.05, 4.69) is 29.7 Å². The van der Waals surface area contributed by atoms with Gasteiger partial charge in [0.2, 0.25) is 0 Å². The molecule has 3 heterocycles. The van der Waals surface area contributed by atoms with E-state index in [4.69, 9.17) is 16.2 Å². The van der Waals surface area contributed by atoms with Crippen LogP contribution in [-0.4, -0.2) is 105 Å². The van der Waals surface area contributed by atoms with Crippen molar-refractivity contribution in [2.45, 2.75) is 25.4 Å². The van der Waals surface area contributed by atoms with Crippen molar-refractivity contribution in [3.8, 4) is 11.1 Å². The molecule has 0 saturated carbocycles. The molecule has 13 heteroatoms. The summed E-state index contributed by atoms with van der Waals surface area (Å²) in [4.78, 5) is 31.7. The topological polar surface area (TPSA) is 126 Å². The lowest BCUT2D eigenvalue weighted by Gasteiger charge is -2.33. The molecule has 2 atom stereocenters. The molecule has 2 aliphatic heterocycles. The Morgan fingerprint density at radius 1 is 1.02 bits per heavy atom.